The molecule has 0 unspecified atom stereocenters. The molecule has 0 saturated carbocycles. The lowest BCUT2D eigenvalue weighted by Gasteiger charge is -2.07. The molecule has 0 aliphatic carbocycles. The molecule has 0 fully saturated rings. The molecular weight excluding hydrogens is 238 g/mol. The molecular formula is C13H11ClNO2. The molecule has 1 radical (unpaired) electrons. The van der Waals surface area contributed by atoms with Gasteiger partial charge in [0.2, 0.25) is 0 Å². The number of pyridine rings is 1. The molecule has 2 aromatic rings. The van der Waals surface area contributed by atoms with Gasteiger partial charge in [0.1, 0.15) is 6.73 Å². The van der Waals surface area contributed by atoms with Crippen LogP contribution in [0.25, 0.3) is 0 Å². The lowest BCUT2D eigenvalue weighted by Crippen LogP contribution is -2.19. The Balaban J connectivity index is 1.94. The maximum absolute atomic E-state index is 11.4. The van der Waals surface area contributed by atoms with Crippen LogP contribution in [-0.4, -0.2) is 4.57 Å². The highest BCUT2D eigenvalue weighted by Gasteiger charge is 1.98. The Hall–Kier alpha value is -1.58. The van der Waals surface area contributed by atoms with Gasteiger partial charge in [-0.25, -0.2) is 0 Å². The van der Waals surface area contributed by atoms with E-state index in [2.05, 4.69) is 6.07 Å². The zero-order valence-corrected chi connectivity index (χ0v) is 9.85. The van der Waals surface area contributed by atoms with Crippen molar-refractivity contribution >= 4 is 11.6 Å². The highest BCUT2D eigenvalue weighted by Crippen LogP contribution is 2.04. The van der Waals surface area contributed by atoms with E-state index < -0.39 is 0 Å². The SMILES string of the molecule is O=c1c[c]c(Cl)cn1COCc1ccccc1. The third-order valence-electron chi connectivity index (χ3n) is 2.23. The van der Waals surface area contributed by atoms with Crippen LogP contribution in [0.4, 0.5) is 0 Å². The number of nitrogens with zero attached hydrogens (tertiary/aromatic N) is 1. The first kappa shape index (κ1) is 11.9. The molecule has 0 aliphatic rings. The normalized spacial score (nSPS) is 10.4. The van der Waals surface area contributed by atoms with E-state index in [1.54, 1.807) is 0 Å². The summed E-state index contributed by atoms with van der Waals surface area (Å²) in [5.74, 6) is 0. The van der Waals surface area contributed by atoms with E-state index in [1.165, 1.54) is 16.8 Å². The van der Waals surface area contributed by atoms with Gasteiger partial charge in [0.25, 0.3) is 5.56 Å². The third kappa shape index (κ3) is 3.44. The van der Waals surface area contributed by atoms with Gasteiger partial charge in [-0.1, -0.05) is 41.9 Å². The number of hydrogen-bond acceptors (Lipinski definition) is 2. The quantitative estimate of drug-likeness (QED) is 0.832. The molecule has 0 amide bonds. The Kier molecular flexibility index (Phi) is 3.96. The van der Waals surface area contributed by atoms with Crippen molar-refractivity contribution in [3.63, 3.8) is 0 Å². The molecule has 1 heterocycles. The van der Waals surface area contributed by atoms with Crippen LogP contribution in [0.5, 0.6) is 0 Å². The molecule has 0 aliphatic heterocycles. The van der Waals surface area contributed by atoms with Crippen LogP contribution in [0, 0.1) is 6.07 Å². The molecule has 17 heavy (non-hydrogen) atoms. The molecule has 0 saturated heterocycles. The lowest BCUT2D eigenvalue weighted by atomic mass is 10.2. The smallest absolute Gasteiger partial charge is 0.253 e. The van der Waals surface area contributed by atoms with E-state index >= 15 is 0 Å². The molecule has 0 atom stereocenters. The lowest BCUT2D eigenvalue weighted by molar-refractivity contribution is 0.0617. The second-order valence-electron chi connectivity index (χ2n) is 3.54. The summed E-state index contributed by atoms with van der Waals surface area (Å²) >= 11 is 5.74. The number of benzene rings is 1. The minimum Gasteiger partial charge on any atom is -0.356 e. The van der Waals surface area contributed by atoms with Gasteiger partial charge < -0.3 is 4.74 Å². The van der Waals surface area contributed by atoms with Gasteiger partial charge in [-0.15, -0.1) is 0 Å². The Labute approximate surface area is 104 Å². The van der Waals surface area contributed by atoms with Crippen molar-refractivity contribution < 1.29 is 4.74 Å². The second kappa shape index (κ2) is 5.66. The Morgan fingerprint density at radius 2 is 2.06 bits per heavy atom. The second-order valence-corrected chi connectivity index (χ2v) is 3.94. The van der Waals surface area contributed by atoms with Crippen molar-refractivity contribution in [2.75, 3.05) is 0 Å². The summed E-state index contributed by atoms with van der Waals surface area (Å²) in [7, 11) is 0. The first-order valence-electron chi connectivity index (χ1n) is 5.15. The van der Waals surface area contributed by atoms with E-state index in [-0.39, 0.29) is 12.3 Å². The third-order valence-corrected chi connectivity index (χ3v) is 2.43. The summed E-state index contributed by atoms with van der Waals surface area (Å²) in [6.45, 7) is 0.644. The highest BCUT2D eigenvalue weighted by atomic mass is 35.5. The van der Waals surface area contributed by atoms with Gasteiger partial charge in [0.05, 0.1) is 11.6 Å². The standard InChI is InChI=1S/C13H11ClNO2/c14-12-6-7-13(16)15(8-12)10-17-9-11-4-2-1-3-5-11/h1-5,7-8H,9-10H2. The van der Waals surface area contributed by atoms with Gasteiger partial charge >= 0.3 is 0 Å². The maximum Gasteiger partial charge on any atom is 0.253 e. The molecule has 3 nitrogen and oxygen atoms in total. The van der Waals surface area contributed by atoms with E-state index in [4.69, 9.17) is 16.3 Å². The van der Waals surface area contributed by atoms with Crippen molar-refractivity contribution in [1.82, 2.24) is 4.57 Å². The Morgan fingerprint density at radius 3 is 2.82 bits per heavy atom. The average Bonchev–Trinajstić information content (AvgIpc) is 2.35. The van der Waals surface area contributed by atoms with Gasteiger partial charge in [-0.2, -0.15) is 0 Å². The molecule has 0 spiro atoms. The first-order chi connectivity index (χ1) is 8.25. The Bertz CT molecular complexity index is 537. The fraction of sp³-hybridized carbons (Fsp3) is 0.154. The summed E-state index contributed by atoms with van der Waals surface area (Å²) in [5, 5.41) is 0.396. The highest BCUT2D eigenvalue weighted by molar-refractivity contribution is 6.30. The van der Waals surface area contributed by atoms with Crippen molar-refractivity contribution in [2.24, 2.45) is 0 Å². The molecule has 1 aromatic heterocycles. The van der Waals surface area contributed by atoms with Crippen LogP contribution in [0.1, 0.15) is 5.56 Å². The fourth-order valence-corrected chi connectivity index (χ4v) is 1.56. The van der Waals surface area contributed by atoms with Crippen molar-refractivity contribution in [1.29, 1.82) is 0 Å². The number of ether oxygens (including phenoxy) is 1. The molecule has 87 valence electrons. The van der Waals surface area contributed by atoms with Gasteiger partial charge in [-0.3, -0.25) is 9.36 Å². The maximum atomic E-state index is 11.4. The average molecular weight is 249 g/mol. The number of halogens is 1. The summed E-state index contributed by atoms with van der Waals surface area (Å²) in [5.41, 5.74) is 0.886. The molecule has 1 aromatic carbocycles. The molecule has 4 heteroatoms. The van der Waals surface area contributed by atoms with E-state index in [9.17, 15) is 4.79 Å². The van der Waals surface area contributed by atoms with Crippen LogP contribution < -0.4 is 5.56 Å². The van der Waals surface area contributed by atoms with Gasteiger partial charge in [0, 0.05) is 18.3 Å². The van der Waals surface area contributed by atoms with Crippen LogP contribution in [0.2, 0.25) is 5.02 Å². The minimum absolute atomic E-state index is 0.178. The van der Waals surface area contributed by atoms with Crippen LogP contribution in [0.15, 0.2) is 47.4 Å². The van der Waals surface area contributed by atoms with Gasteiger partial charge in [0.15, 0.2) is 0 Å². The topological polar surface area (TPSA) is 31.2 Å². The Morgan fingerprint density at radius 1 is 1.29 bits per heavy atom. The zero-order chi connectivity index (χ0) is 12.1. The minimum atomic E-state index is -0.178. The first-order valence-corrected chi connectivity index (χ1v) is 5.53. The van der Waals surface area contributed by atoms with Crippen molar-refractivity contribution in [3.05, 3.63) is 69.6 Å². The summed E-state index contributed by atoms with van der Waals surface area (Å²) in [6.07, 6.45) is 1.51. The predicted octanol–water partition coefficient (Wildman–Crippen LogP) is 2.48. The van der Waals surface area contributed by atoms with E-state index in [0.29, 0.717) is 11.6 Å². The molecule has 0 bridgehead atoms. The van der Waals surface area contributed by atoms with Crippen molar-refractivity contribution in [2.45, 2.75) is 13.3 Å². The van der Waals surface area contributed by atoms with Crippen LogP contribution in [-0.2, 0) is 18.1 Å². The van der Waals surface area contributed by atoms with Gasteiger partial charge in [-0.05, 0) is 5.56 Å². The summed E-state index contributed by atoms with van der Waals surface area (Å²) in [4.78, 5) is 11.4. The monoisotopic (exact) mass is 248 g/mol. The number of rotatable bonds is 4. The van der Waals surface area contributed by atoms with E-state index in [0.717, 1.165) is 5.56 Å². The zero-order valence-electron chi connectivity index (χ0n) is 9.10. The van der Waals surface area contributed by atoms with E-state index in [1.807, 2.05) is 30.3 Å². The fourth-order valence-electron chi connectivity index (χ4n) is 1.39. The largest absolute Gasteiger partial charge is 0.356 e. The number of hydrogen-bond donors (Lipinski definition) is 0. The number of aromatic nitrogens is 1. The summed E-state index contributed by atoms with van der Waals surface area (Å²) in [6, 6.07) is 13.7. The summed E-state index contributed by atoms with van der Waals surface area (Å²) < 4.78 is 6.84. The van der Waals surface area contributed by atoms with Crippen LogP contribution >= 0.6 is 11.6 Å². The predicted molar refractivity (Wildman–Crippen MR) is 65.8 cm³/mol. The van der Waals surface area contributed by atoms with Crippen molar-refractivity contribution in [3.8, 4) is 0 Å². The molecule has 2 rings (SSSR count). The molecule has 0 N–H and O–H groups in total. The van der Waals surface area contributed by atoms with Crippen LogP contribution in [0.3, 0.4) is 0 Å².